The summed E-state index contributed by atoms with van der Waals surface area (Å²) in [7, 11) is 0. The number of rotatable bonds is 8. The highest BCUT2D eigenvalue weighted by molar-refractivity contribution is 5.66. The van der Waals surface area contributed by atoms with Gasteiger partial charge in [-0.1, -0.05) is 5.11 Å². The monoisotopic (exact) mass is 216 g/mol. The third kappa shape index (κ3) is 10.5. The van der Waals surface area contributed by atoms with E-state index in [4.69, 9.17) is 15.0 Å². The Morgan fingerprint density at radius 3 is 3.00 bits per heavy atom. The molecule has 0 saturated heterocycles. The van der Waals surface area contributed by atoms with Gasteiger partial charge in [0, 0.05) is 24.6 Å². The van der Waals surface area contributed by atoms with Crippen molar-refractivity contribution in [3.63, 3.8) is 0 Å². The first-order valence-electron chi connectivity index (χ1n) is 4.80. The SMILES string of the molecule is CCOCCOC(=O)NCCCN=[N+]=[N-]. The van der Waals surface area contributed by atoms with E-state index in [1.807, 2.05) is 6.92 Å². The topological polar surface area (TPSA) is 96.3 Å². The molecule has 0 unspecified atom stereocenters. The van der Waals surface area contributed by atoms with Crippen molar-refractivity contribution in [3.8, 4) is 0 Å². The van der Waals surface area contributed by atoms with Crippen LogP contribution in [0.3, 0.4) is 0 Å². The van der Waals surface area contributed by atoms with Crippen LogP contribution < -0.4 is 5.32 Å². The number of ether oxygens (including phenoxy) is 2. The van der Waals surface area contributed by atoms with E-state index in [0.717, 1.165) is 0 Å². The van der Waals surface area contributed by atoms with Crippen LogP contribution in [0.5, 0.6) is 0 Å². The molecule has 0 spiro atoms. The second-order valence-electron chi connectivity index (χ2n) is 2.57. The third-order valence-electron chi connectivity index (χ3n) is 1.43. The first-order chi connectivity index (χ1) is 7.31. The van der Waals surface area contributed by atoms with Crippen molar-refractivity contribution in [1.29, 1.82) is 0 Å². The summed E-state index contributed by atoms with van der Waals surface area (Å²) in [5, 5.41) is 5.84. The summed E-state index contributed by atoms with van der Waals surface area (Å²) >= 11 is 0. The molecule has 1 amide bonds. The van der Waals surface area contributed by atoms with Crippen molar-refractivity contribution in [1.82, 2.24) is 5.32 Å². The van der Waals surface area contributed by atoms with Gasteiger partial charge in [0.15, 0.2) is 0 Å². The van der Waals surface area contributed by atoms with Gasteiger partial charge in [-0.15, -0.1) is 0 Å². The number of amides is 1. The van der Waals surface area contributed by atoms with E-state index in [1.54, 1.807) is 0 Å². The number of alkyl carbamates (subject to hydrolysis) is 1. The minimum atomic E-state index is -0.476. The smallest absolute Gasteiger partial charge is 0.407 e. The summed E-state index contributed by atoms with van der Waals surface area (Å²) in [6, 6.07) is 0. The molecule has 0 heterocycles. The molecule has 0 aliphatic heterocycles. The van der Waals surface area contributed by atoms with Gasteiger partial charge in [0.1, 0.15) is 6.61 Å². The average molecular weight is 216 g/mol. The largest absolute Gasteiger partial charge is 0.447 e. The minimum absolute atomic E-state index is 0.246. The van der Waals surface area contributed by atoms with Crippen molar-refractivity contribution in [3.05, 3.63) is 10.4 Å². The van der Waals surface area contributed by atoms with Crippen molar-refractivity contribution in [2.45, 2.75) is 13.3 Å². The Morgan fingerprint density at radius 2 is 2.33 bits per heavy atom. The van der Waals surface area contributed by atoms with E-state index in [9.17, 15) is 4.79 Å². The molecule has 0 radical (unpaired) electrons. The summed E-state index contributed by atoms with van der Waals surface area (Å²) in [5.74, 6) is 0. The van der Waals surface area contributed by atoms with E-state index >= 15 is 0 Å². The van der Waals surface area contributed by atoms with E-state index < -0.39 is 6.09 Å². The Kier molecular flexibility index (Phi) is 9.59. The van der Waals surface area contributed by atoms with Gasteiger partial charge >= 0.3 is 6.09 Å². The lowest BCUT2D eigenvalue weighted by Crippen LogP contribution is -2.26. The van der Waals surface area contributed by atoms with E-state index in [0.29, 0.717) is 32.7 Å². The summed E-state index contributed by atoms with van der Waals surface area (Å²) in [5.41, 5.74) is 7.97. The molecule has 0 fully saturated rings. The fourth-order valence-corrected chi connectivity index (χ4v) is 0.774. The van der Waals surface area contributed by atoms with Crippen LogP contribution in [0.4, 0.5) is 4.79 Å². The molecular formula is C8H16N4O3. The molecule has 0 aliphatic carbocycles. The molecule has 1 N–H and O–H groups in total. The van der Waals surface area contributed by atoms with E-state index in [1.165, 1.54) is 0 Å². The predicted octanol–water partition coefficient (Wildman–Crippen LogP) is 1.45. The van der Waals surface area contributed by atoms with Crippen LogP contribution in [0, 0.1) is 0 Å². The Balaban J connectivity index is 3.22. The van der Waals surface area contributed by atoms with Crippen LogP contribution >= 0.6 is 0 Å². The van der Waals surface area contributed by atoms with Crippen LogP contribution in [0.25, 0.3) is 10.4 Å². The molecule has 7 nitrogen and oxygen atoms in total. The van der Waals surface area contributed by atoms with Gasteiger partial charge in [-0.05, 0) is 18.9 Å². The fraction of sp³-hybridized carbons (Fsp3) is 0.875. The molecule has 86 valence electrons. The minimum Gasteiger partial charge on any atom is -0.447 e. The highest BCUT2D eigenvalue weighted by atomic mass is 16.6. The normalized spacial score (nSPS) is 9.13. The lowest BCUT2D eigenvalue weighted by molar-refractivity contribution is 0.0789. The van der Waals surface area contributed by atoms with Gasteiger partial charge in [0.05, 0.1) is 6.61 Å². The number of carbonyl (C=O) groups excluding carboxylic acids is 1. The third-order valence-corrected chi connectivity index (χ3v) is 1.43. The molecule has 0 rings (SSSR count). The Hall–Kier alpha value is -1.46. The maximum absolute atomic E-state index is 10.9. The molecule has 0 aliphatic rings. The Labute approximate surface area is 88.4 Å². The lowest BCUT2D eigenvalue weighted by Gasteiger charge is -2.05. The maximum atomic E-state index is 10.9. The molecule has 0 aromatic heterocycles. The van der Waals surface area contributed by atoms with Crippen molar-refractivity contribution < 1.29 is 14.3 Å². The lowest BCUT2D eigenvalue weighted by atomic mass is 10.4. The molecule has 0 saturated carbocycles. The van der Waals surface area contributed by atoms with Crippen molar-refractivity contribution in [2.24, 2.45) is 5.11 Å². The zero-order valence-corrected chi connectivity index (χ0v) is 8.81. The maximum Gasteiger partial charge on any atom is 0.407 e. The number of hydrogen-bond acceptors (Lipinski definition) is 4. The molecule has 15 heavy (non-hydrogen) atoms. The van der Waals surface area contributed by atoms with Crippen LogP contribution in [-0.4, -0.2) is 39.0 Å². The van der Waals surface area contributed by atoms with Crippen LogP contribution in [0.15, 0.2) is 5.11 Å². The first-order valence-corrected chi connectivity index (χ1v) is 4.80. The molecule has 7 heteroatoms. The number of nitrogens with zero attached hydrogens (tertiary/aromatic N) is 3. The van der Waals surface area contributed by atoms with Crippen molar-refractivity contribution >= 4 is 6.09 Å². The summed E-state index contributed by atoms with van der Waals surface area (Å²) in [6.07, 6.45) is 0.126. The van der Waals surface area contributed by atoms with Crippen molar-refractivity contribution in [2.75, 3.05) is 32.9 Å². The highest BCUT2D eigenvalue weighted by Gasteiger charge is 1.99. The second-order valence-corrected chi connectivity index (χ2v) is 2.57. The van der Waals surface area contributed by atoms with E-state index in [2.05, 4.69) is 15.3 Å². The quantitative estimate of drug-likeness (QED) is 0.288. The summed E-state index contributed by atoms with van der Waals surface area (Å²) in [4.78, 5) is 13.5. The van der Waals surface area contributed by atoms with Gasteiger partial charge in [-0.3, -0.25) is 0 Å². The Bertz CT molecular complexity index is 216. The highest BCUT2D eigenvalue weighted by Crippen LogP contribution is 1.83. The van der Waals surface area contributed by atoms with Gasteiger partial charge in [0.2, 0.25) is 0 Å². The summed E-state index contributed by atoms with van der Waals surface area (Å²) < 4.78 is 9.75. The zero-order chi connectivity index (χ0) is 11.4. The molecule has 0 aromatic carbocycles. The number of hydrogen-bond donors (Lipinski definition) is 1. The summed E-state index contributed by atoms with van der Waals surface area (Å²) in [6.45, 7) is 3.94. The fourth-order valence-electron chi connectivity index (χ4n) is 0.774. The predicted molar refractivity (Wildman–Crippen MR) is 54.5 cm³/mol. The van der Waals surface area contributed by atoms with Gasteiger partial charge in [-0.25, -0.2) is 4.79 Å². The zero-order valence-electron chi connectivity index (χ0n) is 8.81. The average Bonchev–Trinajstić information content (AvgIpc) is 2.24. The standard InChI is InChI=1S/C8H16N4O3/c1-2-14-6-7-15-8(13)10-4-3-5-11-12-9/h2-7H2,1H3,(H,10,13). The first kappa shape index (κ1) is 13.5. The number of nitrogens with one attached hydrogen (secondary N) is 1. The molecule has 0 atom stereocenters. The molecule has 0 bridgehead atoms. The Morgan fingerprint density at radius 1 is 1.53 bits per heavy atom. The van der Waals surface area contributed by atoms with E-state index in [-0.39, 0.29) is 6.61 Å². The van der Waals surface area contributed by atoms with Crippen LogP contribution in [0.1, 0.15) is 13.3 Å². The van der Waals surface area contributed by atoms with Crippen LogP contribution in [0.2, 0.25) is 0 Å². The van der Waals surface area contributed by atoms with Gasteiger partial charge in [-0.2, -0.15) is 0 Å². The number of azide groups is 1. The van der Waals surface area contributed by atoms with Crippen LogP contribution in [-0.2, 0) is 9.47 Å². The molecular weight excluding hydrogens is 200 g/mol. The number of carbonyl (C=O) groups is 1. The molecule has 0 aromatic rings. The second kappa shape index (κ2) is 10.6. The van der Waals surface area contributed by atoms with Gasteiger partial charge in [0.25, 0.3) is 0 Å². The van der Waals surface area contributed by atoms with Gasteiger partial charge < -0.3 is 14.8 Å².